The molecule has 0 amide bonds. The zero-order valence-electron chi connectivity index (χ0n) is 18.0. The molecule has 0 aliphatic carbocycles. The Morgan fingerprint density at radius 2 is 1.37 bits per heavy atom. The molecule has 0 fully saturated rings. The number of unbranched alkanes of at least 4 members (excludes halogenated alkanes) is 9. The normalized spacial score (nSPS) is 10.7. The molecular formula is C19H35KO6S. The largest absolute Gasteiger partial charge is 1.00 e. The Morgan fingerprint density at radius 3 is 1.89 bits per heavy atom. The molecule has 154 valence electrons. The minimum atomic E-state index is -3.87. The summed E-state index contributed by atoms with van der Waals surface area (Å²) >= 11 is 0. The third-order valence-electron chi connectivity index (χ3n) is 3.86. The molecule has 0 aliphatic heterocycles. The van der Waals surface area contributed by atoms with Crippen LogP contribution in [0, 0.1) is 0 Å². The van der Waals surface area contributed by atoms with E-state index in [1.807, 2.05) is 0 Å². The topological polar surface area (TPSA) is 86.7 Å². The molecule has 0 unspecified atom stereocenters. The standard InChI is InChI=1S/C19H34O6S.K.H/c1-3-5-6-7-8-9-10-11-12-13-17-26(22,23)25-19(21)15-14-18(20)24-16-4-2;;/h4H,2-3,5-17H2,1H3;;/q;+1;-1. The van der Waals surface area contributed by atoms with Crippen LogP contribution in [0.1, 0.15) is 85.4 Å². The van der Waals surface area contributed by atoms with Crippen molar-refractivity contribution in [1.82, 2.24) is 0 Å². The fraction of sp³-hybridized carbons (Fsp3) is 0.789. The minimum Gasteiger partial charge on any atom is -1.00 e. The molecule has 0 aromatic carbocycles. The van der Waals surface area contributed by atoms with Crippen molar-refractivity contribution < 1.29 is 79.7 Å². The molecule has 0 saturated heterocycles. The van der Waals surface area contributed by atoms with Gasteiger partial charge in [-0.05, 0) is 6.42 Å². The summed E-state index contributed by atoms with van der Waals surface area (Å²) in [6, 6.07) is 0. The van der Waals surface area contributed by atoms with Gasteiger partial charge >= 0.3 is 73.4 Å². The molecule has 0 bridgehead atoms. The second-order valence-corrected chi connectivity index (χ2v) is 8.06. The summed E-state index contributed by atoms with van der Waals surface area (Å²) in [5.41, 5.74) is 0. The number of hydrogen-bond donors (Lipinski definition) is 0. The first kappa shape index (κ1) is 29.5. The van der Waals surface area contributed by atoms with E-state index in [4.69, 9.17) is 4.74 Å². The Bertz CT molecular complexity index is 511. The molecular weight excluding hydrogens is 395 g/mol. The van der Waals surface area contributed by atoms with Crippen LogP contribution >= 0.6 is 0 Å². The number of hydrogen-bond acceptors (Lipinski definition) is 6. The minimum absolute atomic E-state index is 0. The zero-order chi connectivity index (χ0) is 19.7. The van der Waals surface area contributed by atoms with E-state index in [0.29, 0.717) is 6.42 Å². The van der Waals surface area contributed by atoms with Crippen molar-refractivity contribution in [2.24, 2.45) is 0 Å². The molecule has 27 heavy (non-hydrogen) atoms. The van der Waals surface area contributed by atoms with E-state index in [-0.39, 0.29) is 78.0 Å². The van der Waals surface area contributed by atoms with E-state index < -0.39 is 22.1 Å². The monoisotopic (exact) mass is 430 g/mol. The molecule has 0 saturated carbocycles. The molecule has 8 heteroatoms. The predicted octanol–water partition coefficient (Wildman–Crippen LogP) is 1.41. The van der Waals surface area contributed by atoms with Crippen LogP contribution < -0.4 is 51.4 Å². The Balaban J connectivity index is -0.00000312. The van der Waals surface area contributed by atoms with Crippen molar-refractivity contribution in [2.75, 3.05) is 12.4 Å². The summed E-state index contributed by atoms with van der Waals surface area (Å²) in [5, 5.41) is 0. The number of esters is 1. The molecule has 0 aromatic heterocycles. The van der Waals surface area contributed by atoms with E-state index in [0.717, 1.165) is 19.3 Å². The van der Waals surface area contributed by atoms with Crippen LogP contribution in [0.3, 0.4) is 0 Å². The van der Waals surface area contributed by atoms with Crippen LogP contribution in [-0.2, 0) is 28.6 Å². The van der Waals surface area contributed by atoms with Crippen LogP contribution in [0.4, 0.5) is 0 Å². The number of ether oxygens (including phenoxy) is 1. The van der Waals surface area contributed by atoms with Crippen molar-refractivity contribution in [2.45, 2.75) is 84.0 Å². The number of carbonyl (C=O) groups excluding carboxylic acids is 2. The first-order valence-electron chi connectivity index (χ1n) is 9.62. The Labute approximate surface area is 208 Å². The molecule has 0 N–H and O–H groups in total. The van der Waals surface area contributed by atoms with Gasteiger partial charge in [0.2, 0.25) is 0 Å². The van der Waals surface area contributed by atoms with E-state index >= 15 is 0 Å². The molecule has 0 atom stereocenters. The molecule has 0 rings (SSSR count). The summed E-state index contributed by atoms with van der Waals surface area (Å²) in [6.45, 7) is 5.65. The maximum absolute atomic E-state index is 11.7. The van der Waals surface area contributed by atoms with Crippen LogP contribution in [0.5, 0.6) is 0 Å². The van der Waals surface area contributed by atoms with Crippen molar-refractivity contribution in [3.8, 4) is 0 Å². The first-order chi connectivity index (χ1) is 12.4. The number of carbonyl (C=O) groups is 2. The Morgan fingerprint density at radius 1 is 0.889 bits per heavy atom. The fourth-order valence-corrected chi connectivity index (χ4v) is 3.43. The average molecular weight is 431 g/mol. The van der Waals surface area contributed by atoms with Crippen molar-refractivity contribution in [3.05, 3.63) is 12.7 Å². The third kappa shape index (κ3) is 20.8. The molecule has 0 spiro atoms. The SMILES string of the molecule is C=CCOC(=O)CCC(=O)OS(=O)(=O)CCCCCCCCCCCC.[H-].[K+]. The quantitative estimate of drug-likeness (QED) is 0.114. The zero-order valence-corrected chi connectivity index (χ0v) is 21.0. The van der Waals surface area contributed by atoms with Gasteiger partial charge in [-0.15, -0.1) is 0 Å². The summed E-state index contributed by atoms with van der Waals surface area (Å²) in [5.74, 6) is -1.68. The van der Waals surface area contributed by atoms with Crippen molar-refractivity contribution in [3.63, 3.8) is 0 Å². The smallest absolute Gasteiger partial charge is 1.00 e. The summed E-state index contributed by atoms with van der Waals surface area (Å²) in [4.78, 5) is 22.7. The van der Waals surface area contributed by atoms with Crippen molar-refractivity contribution in [1.29, 1.82) is 0 Å². The second-order valence-electron chi connectivity index (χ2n) is 6.37. The van der Waals surface area contributed by atoms with Crippen molar-refractivity contribution >= 4 is 22.1 Å². The van der Waals surface area contributed by atoms with Crippen LogP contribution in [-0.4, -0.2) is 32.7 Å². The van der Waals surface area contributed by atoms with Gasteiger partial charge in [-0.25, -0.2) is 0 Å². The maximum Gasteiger partial charge on any atom is 1.00 e. The van der Waals surface area contributed by atoms with Gasteiger partial charge in [0, 0.05) is 0 Å². The predicted molar refractivity (Wildman–Crippen MR) is 103 cm³/mol. The van der Waals surface area contributed by atoms with Crippen LogP contribution in [0.15, 0.2) is 12.7 Å². The van der Waals surface area contributed by atoms with Gasteiger partial charge in [0.25, 0.3) is 0 Å². The van der Waals surface area contributed by atoms with E-state index in [1.165, 1.54) is 44.6 Å². The molecule has 0 heterocycles. The van der Waals surface area contributed by atoms with E-state index in [2.05, 4.69) is 17.7 Å². The Kier molecular flexibility index (Phi) is 21.4. The second kappa shape index (κ2) is 19.6. The summed E-state index contributed by atoms with van der Waals surface area (Å²) < 4.78 is 32.6. The van der Waals surface area contributed by atoms with Gasteiger partial charge in [-0.3, -0.25) is 9.59 Å². The fourth-order valence-electron chi connectivity index (χ4n) is 2.42. The average Bonchev–Trinajstić information content (AvgIpc) is 2.59. The van der Waals surface area contributed by atoms with Gasteiger partial charge in [0.05, 0.1) is 18.6 Å². The van der Waals surface area contributed by atoms with Crippen LogP contribution in [0.2, 0.25) is 0 Å². The first-order valence-corrected chi connectivity index (χ1v) is 11.2. The summed E-state index contributed by atoms with van der Waals surface area (Å²) in [7, 11) is -3.87. The van der Waals surface area contributed by atoms with Gasteiger partial charge in [0.1, 0.15) is 6.61 Å². The van der Waals surface area contributed by atoms with Gasteiger partial charge in [-0.2, -0.15) is 8.42 Å². The van der Waals surface area contributed by atoms with Gasteiger partial charge in [0.15, 0.2) is 0 Å². The van der Waals surface area contributed by atoms with Gasteiger partial charge < -0.3 is 10.3 Å². The van der Waals surface area contributed by atoms with E-state index in [9.17, 15) is 18.0 Å². The third-order valence-corrected chi connectivity index (χ3v) is 5.09. The summed E-state index contributed by atoms with van der Waals surface area (Å²) in [6.07, 6.45) is 11.8. The molecule has 0 aliphatic rings. The van der Waals surface area contributed by atoms with Gasteiger partial charge in [-0.1, -0.05) is 77.4 Å². The molecule has 0 aromatic rings. The Hall–Kier alpha value is 0.266. The molecule has 0 radical (unpaired) electrons. The molecule has 6 nitrogen and oxygen atoms in total. The van der Waals surface area contributed by atoms with E-state index in [1.54, 1.807) is 0 Å². The maximum atomic E-state index is 11.7. The van der Waals surface area contributed by atoms with Crippen LogP contribution in [0.25, 0.3) is 0 Å². The number of rotatable bonds is 17.